The fourth-order valence-electron chi connectivity index (χ4n) is 2.78. The number of benzene rings is 2. The summed E-state index contributed by atoms with van der Waals surface area (Å²) in [6.07, 6.45) is -0.0995. The Morgan fingerprint density at radius 3 is 2.73 bits per heavy atom. The van der Waals surface area contributed by atoms with Gasteiger partial charge in [0.2, 0.25) is 0 Å². The van der Waals surface area contributed by atoms with Gasteiger partial charge in [-0.1, -0.05) is 17.7 Å². The second kappa shape index (κ2) is 5.46. The molecule has 0 radical (unpaired) electrons. The highest BCUT2D eigenvalue weighted by atomic mass is 35.5. The number of carboxylic acids is 1. The first-order valence-electron chi connectivity index (χ1n) is 6.84. The molecule has 0 saturated carbocycles. The molecular weight excluding hydrogens is 302 g/mol. The van der Waals surface area contributed by atoms with Gasteiger partial charge in [0.25, 0.3) is 0 Å². The minimum absolute atomic E-state index is 0.0988. The lowest BCUT2D eigenvalue weighted by Crippen LogP contribution is -2.16. The highest BCUT2D eigenvalue weighted by molar-refractivity contribution is 6.31. The van der Waals surface area contributed by atoms with Crippen molar-refractivity contribution in [3.63, 3.8) is 0 Å². The largest absolute Gasteiger partial charge is 0.481 e. The van der Waals surface area contributed by atoms with Crippen LogP contribution in [0.2, 0.25) is 5.02 Å². The number of rotatable bonds is 2. The molecule has 2 aromatic carbocycles. The molecule has 22 heavy (non-hydrogen) atoms. The molecule has 4 nitrogen and oxygen atoms in total. The zero-order valence-electron chi connectivity index (χ0n) is 12.0. The predicted molar refractivity (Wildman–Crippen MR) is 84.8 cm³/mol. The van der Waals surface area contributed by atoms with E-state index < -0.39 is 5.97 Å². The third-order valence-corrected chi connectivity index (χ3v) is 4.03. The van der Waals surface area contributed by atoms with Gasteiger partial charge in [0, 0.05) is 35.4 Å². The summed E-state index contributed by atoms with van der Waals surface area (Å²) < 4.78 is 0. The van der Waals surface area contributed by atoms with Crippen LogP contribution in [0.15, 0.2) is 36.4 Å². The van der Waals surface area contributed by atoms with Crippen LogP contribution in [0.25, 0.3) is 0 Å². The van der Waals surface area contributed by atoms with Crippen molar-refractivity contribution in [1.82, 2.24) is 0 Å². The van der Waals surface area contributed by atoms with E-state index in [2.05, 4.69) is 0 Å². The summed E-state index contributed by atoms with van der Waals surface area (Å²) in [5.74, 6) is -1.01. The van der Waals surface area contributed by atoms with Gasteiger partial charge in [-0.15, -0.1) is 0 Å². The Morgan fingerprint density at radius 1 is 1.23 bits per heavy atom. The number of fused-ring (bicyclic) bond motifs is 2. The van der Waals surface area contributed by atoms with Crippen molar-refractivity contribution < 1.29 is 14.7 Å². The summed E-state index contributed by atoms with van der Waals surface area (Å²) >= 11 is 6.02. The van der Waals surface area contributed by atoms with E-state index in [4.69, 9.17) is 16.7 Å². The van der Waals surface area contributed by atoms with Gasteiger partial charge in [0.15, 0.2) is 5.78 Å². The number of carboxylic acid groups (broad SMARTS) is 1. The molecule has 0 saturated heterocycles. The molecule has 3 rings (SSSR count). The highest BCUT2D eigenvalue weighted by Gasteiger charge is 2.24. The van der Waals surface area contributed by atoms with Crippen molar-refractivity contribution in [3.8, 4) is 0 Å². The molecule has 0 fully saturated rings. The van der Waals surface area contributed by atoms with Crippen LogP contribution < -0.4 is 4.90 Å². The van der Waals surface area contributed by atoms with Crippen LogP contribution in [0.1, 0.15) is 27.0 Å². The quantitative estimate of drug-likeness (QED) is 0.925. The number of halogens is 1. The molecule has 1 aliphatic rings. The van der Waals surface area contributed by atoms with Gasteiger partial charge in [0.05, 0.1) is 6.42 Å². The number of carbonyl (C=O) groups is 2. The molecule has 112 valence electrons. The van der Waals surface area contributed by atoms with Gasteiger partial charge in [-0.25, -0.2) is 0 Å². The number of hydrogen-bond donors (Lipinski definition) is 1. The average molecular weight is 316 g/mol. The Balaban J connectivity index is 2.14. The van der Waals surface area contributed by atoms with E-state index in [0.717, 1.165) is 11.3 Å². The van der Waals surface area contributed by atoms with Gasteiger partial charge < -0.3 is 10.0 Å². The van der Waals surface area contributed by atoms with Crippen molar-refractivity contribution in [2.24, 2.45) is 0 Å². The summed E-state index contributed by atoms with van der Waals surface area (Å²) in [4.78, 5) is 25.7. The molecule has 2 aromatic rings. The lowest BCUT2D eigenvalue weighted by atomic mass is 9.97. The molecule has 1 aliphatic heterocycles. The fourth-order valence-corrected chi connectivity index (χ4v) is 2.98. The molecule has 1 heterocycles. The molecule has 0 aromatic heterocycles. The Bertz CT molecular complexity index is 785. The zero-order valence-corrected chi connectivity index (χ0v) is 12.7. The normalized spacial score (nSPS) is 13.4. The van der Waals surface area contributed by atoms with Crippen LogP contribution in [0, 0.1) is 0 Å². The first-order chi connectivity index (χ1) is 10.5. The number of nitrogens with zero attached hydrogens (tertiary/aromatic N) is 1. The SMILES string of the molecule is CN1Cc2cc(Cl)ccc2C(=O)c2cc(CC(=O)O)ccc21. The number of anilines is 1. The summed E-state index contributed by atoms with van der Waals surface area (Å²) in [6.45, 7) is 0.576. The Morgan fingerprint density at radius 2 is 2.00 bits per heavy atom. The summed E-state index contributed by atoms with van der Waals surface area (Å²) in [5, 5.41) is 9.52. The monoisotopic (exact) mass is 315 g/mol. The van der Waals surface area contributed by atoms with Crippen molar-refractivity contribution in [3.05, 3.63) is 63.7 Å². The summed E-state index contributed by atoms with van der Waals surface area (Å²) in [6, 6.07) is 10.5. The van der Waals surface area contributed by atoms with E-state index in [1.54, 1.807) is 36.4 Å². The van der Waals surface area contributed by atoms with Crippen LogP contribution in [-0.2, 0) is 17.8 Å². The van der Waals surface area contributed by atoms with Crippen molar-refractivity contribution in [2.45, 2.75) is 13.0 Å². The van der Waals surface area contributed by atoms with Gasteiger partial charge >= 0.3 is 5.97 Å². The summed E-state index contributed by atoms with van der Waals surface area (Å²) in [7, 11) is 1.90. The molecule has 0 bridgehead atoms. The van der Waals surface area contributed by atoms with Crippen LogP contribution in [0.3, 0.4) is 0 Å². The minimum Gasteiger partial charge on any atom is -0.481 e. The topological polar surface area (TPSA) is 57.6 Å². The second-order valence-corrected chi connectivity index (χ2v) is 5.85. The average Bonchev–Trinajstić information content (AvgIpc) is 2.54. The van der Waals surface area contributed by atoms with E-state index in [1.165, 1.54) is 0 Å². The molecule has 1 N–H and O–H groups in total. The van der Waals surface area contributed by atoms with Crippen LogP contribution in [0.5, 0.6) is 0 Å². The first-order valence-corrected chi connectivity index (χ1v) is 7.22. The number of ketones is 1. The third-order valence-electron chi connectivity index (χ3n) is 3.79. The molecule has 0 amide bonds. The number of hydrogen-bond acceptors (Lipinski definition) is 3. The maximum atomic E-state index is 12.8. The number of aliphatic carboxylic acids is 1. The fraction of sp³-hybridized carbons (Fsp3) is 0.176. The van der Waals surface area contributed by atoms with E-state index >= 15 is 0 Å². The maximum absolute atomic E-state index is 12.8. The molecule has 0 aliphatic carbocycles. The minimum atomic E-state index is -0.915. The maximum Gasteiger partial charge on any atom is 0.307 e. The lowest BCUT2D eigenvalue weighted by molar-refractivity contribution is -0.136. The van der Waals surface area contributed by atoms with Gasteiger partial charge in [0.1, 0.15) is 0 Å². The Labute approximate surface area is 132 Å². The van der Waals surface area contributed by atoms with Crippen molar-refractivity contribution in [1.29, 1.82) is 0 Å². The Kier molecular flexibility index (Phi) is 3.62. The van der Waals surface area contributed by atoms with Crippen LogP contribution in [-0.4, -0.2) is 23.9 Å². The molecule has 5 heteroatoms. The number of carbonyl (C=O) groups excluding carboxylic acids is 1. The third kappa shape index (κ3) is 2.57. The van der Waals surface area contributed by atoms with Crippen LogP contribution in [0.4, 0.5) is 5.69 Å². The molecular formula is C17H14ClNO3. The molecule has 0 unspecified atom stereocenters. The van der Waals surface area contributed by atoms with E-state index in [1.807, 2.05) is 11.9 Å². The van der Waals surface area contributed by atoms with Gasteiger partial charge in [-0.05, 0) is 41.5 Å². The lowest BCUT2D eigenvalue weighted by Gasteiger charge is -2.19. The predicted octanol–water partition coefficient (Wildman–Crippen LogP) is 3.15. The zero-order chi connectivity index (χ0) is 15.9. The molecule has 0 spiro atoms. The van der Waals surface area contributed by atoms with Crippen LogP contribution >= 0.6 is 11.6 Å². The van der Waals surface area contributed by atoms with Gasteiger partial charge in [-0.3, -0.25) is 9.59 Å². The first kappa shape index (κ1) is 14.6. The van der Waals surface area contributed by atoms with E-state index in [-0.39, 0.29) is 12.2 Å². The Hall–Kier alpha value is -2.33. The van der Waals surface area contributed by atoms with Gasteiger partial charge in [-0.2, -0.15) is 0 Å². The second-order valence-electron chi connectivity index (χ2n) is 5.41. The molecule has 0 atom stereocenters. The highest BCUT2D eigenvalue weighted by Crippen LogP contribution is 2.31. The summed E-state index contributed by atoms with van der Waals surface area (Å²) in [5.41, 5.74) is 3.43. The van der Waals surface area contributed by atoms with Crippen molar-refractivity contribution >= 4 is 29.0 Å². The van der Waals surface area contributed by atoms with Crippen molar-refractivity contribution in [2.75, 3.05) is 11.9 Å². The smallest absolute Gasteiger partial charge is 0.307 e. The van der Waals surface area contributed by atoms with E-state index in [9.17, 15) is 9.59 Å². The standard InChI is InChI=1S/C17H14ClNO3/c1-19-9-11-8-12(18)3-4-13(11)17(22)14-6-10(7-16(20)21)2-5-15(14)19/h2-6,8H,7,9H2,1H3,(H,20,21). The van der Waals surface area contributed by atoms with E-state index in [0.29, 0.717) is 28.3 Å².